The first-order valence-electron chi connectivity index (χ1n) is 9.16. The molecule has 134 valence electrons. The number of nitrogens with zero attached hydrogens (tertiary/aromatic N) is 2. The van der Waals surface area contributed by atoms with E-state index in [4.69, 9.17) is 9.47 Å². The Hall–Kier alpha value is -1.40. The Labute approximate surface area is 143 Å². The van der Waals surface area contributed by atoms with Crippen molar-refractivity contribution in [2.24, 2.45) is 5.92 Å². The average Bonchev–Trinajstić information content (AvgIpc) is 3.28. The molecule has 2 fully saturated rings. The molecule has 0 saturated carbocycles. The SMILES string of the molecule is CC(C)[C@H](OC[C@@H]1CCCO1)C(=O)N1CCC[C@H](c2cn[nH]c2)C1. The average molecular weight is 335 g/mol. The van der Waals surface area contributed by atoms with Gasteiger partial charge in [-0.3, -0.25) is 9.89 Å². The van der Waals surface area contributed by atoms with Crippen molar-refractivity contribution in [1.29, 1.82) is 0 Å². The van der Waals surface area contributed by atoms with E-state index in [0.717, 1.165) is 45.4 Å². The van der Waals surface area contributed by atoms with E-state index >= 15 is 0 Å². The number of rotatable bonds is 6. The molecule has 0 spiro atoms. The maximum atomic E-state index is 13.0. The fraction of sp³-hybridized carbons (Fsp3) is 0.778. The van der Waals surface area contributed by atoms with Crippen LogP contribution in [0, 0.1) is 5.92 Å². The fourth-order valence-electron chi connectivity index (χ4n) is 3.65. The Balaban J connectivity index is 1.58. The Morgan fingerprint density at radius 1 is 1.46 bits per heavy atom. The van der Waals surface area contributed by atoms with Crippen LogP contribution in [0.3, 0.4) is 0 Å². The number of aromatic nitrogens is 2. The number of amides is 1. The molecule has 2 aliphatic rings. The van der Waals surface area contributed by atoms with E-state index in [2.05, 4.69) is 24.0 Å². The summed E-state index contributed by atoms with van der Waals surface area (Å²) in [4.78, 5) is 15.0. The van der Waals surface area contributed by atoms with Gasteiger partial charge in [-0.2, -0.15) is 5.10 Å². The third-order valence-electron chi connectivity index (χ3n) is 5.06. The van der Waals surface area contributed by atoms with Gasteiger partial charge >= 0.3 is 0 Å². The second-order valence-corrected chi connectivity index (χ2v) is 7.29. The minimum atomic E-state index is -0.378. The van der Waals surface area contributed by atoms with Gasteiger partial charge in [0, 0.05) is 31.8 Å². The minimum Gasteiger partial charge on any atom is -0.376 e. The second kappa shape index (κ2) is 8.12. The maximum absolute atomic E-state index is 13.0. The molecule has 0 unspecified atom stereocenters. The number of ether oxygens (including phenoxy) is 2. The highest BCUT2D eigenvalue weighted by molar-refractivity contribution is 5.81. The highest BCUT2D eigenvalue weighted by Crippen LogP contribution is 2.27. The second-order valence-electron chi connectivity index (χ2n) is 7.29. The summed E-state index contributed by atoms with van der Waals surface area (Å²) in [5.41, 5.74) is 1.19. The van der Waals surface area contributed by atoms with Gasteiger partial charge in [-0.15, -0.1) is 0 Å². The molecule has 1 N–H and O–H groups in total. The van der Waals surface area contributed by atoms with Gasteiger partial charge in [-0.05, 0) is 37.2 Å². The molecule has 2 aliphatic heterocycles. The van der Waals surface area contributed by atoms with Gasteiger partial charge in [-0.25, -0.2) is 0 Å². The number of piperidine rings is 1. The number of aromatic amines is 1. The molecule has 3 heterocycles. The van der Waals surface area contributed by atoms with Crippen molar-refractivity contribution in [3.8, 4) is 0 Å². The first kappa shape index (κ1) is 17.4. The monoisotopic (exact) mass is 335 g/mol. The van der Waals surface area contributed by atoms with Crippen LogP contribution in [-0.2, 0) is 14.3 Å². The summed E-state index contributed by atoms with van der Waals surface area (Å²) in [6, 6.07) is 0. The fourth-order valence-corrected chi connectivity index (χ4v) is 3.65. The lowest BCUT2D eigenvalue weighted by Gasteiger charge is -2.35. The summed E-state index contributed by atoms with van der Waals surface area (Å²) in [6.07, 6.45) is 7.83. The molecule has 0 aliphatic carbocycles. The molecule has 0 aromatic carbocycles. The van der Waals surface area contributed by atoms with E-state index in [1.54, 1.807) is 0 Å². The van der Waals surface area contributed by atoms with Crippen LogP contribution in [0.15, 0.2) is 12.4 Å². The number of nitrogens with one attached hydrogen (secondary N) is 1. The van der Waals surface area contributed by atoms with E-state index in [0.29, 0.717) is 12.5 Å². The lowest BCUT2D eigenvalue weighted by atomic mass is 9.92. The zero-order valence-electron chi connectivity index (χ0n) is 14.7. The Bertz CT molecular complexity index is 512. The molecule has 2 saturated heterocycles. The summed E-state index contributed by atoms with van der Waals surface area (Å²) in [6.45, 7) is 7.01. The zero-order chi connectivity index (χ0) is 16.9. The van der Waals surface area contributed by atoms with Gasteiger partial charge in [0.2, 0.25) is 0 Å². The van der Waals surface area contributed by atoms with E-state index in [-0.39, 0.29) is 24.0 Å². The van der Waals surface area contributed by atoms with Crippen LogP contribution in [0.5, 0.6) is 0 Å². The normalized spacial score (nSPS) is 26.0. The van der Waals surface area contributed by atoms with Gasteiger partial charge in [0.15, 0.2) is 0 Å². The van der Waals surface area contributed by atoms with Crippen molar-refractivity contribution in [2.45, 2.75) is 57.7 Å². The zero-order valence-corrected chi connectivity index (χ0v) is 14.7. The highest BCUT2D eigenvalue weighted by Gasteiger charge is 2.32. The van der Waals surface area contributed by atoms with Gasteiger partial charge in [-0.1, -0.05) is 13.8 Å². The summed E-state index contributed by atoms with van der Waals surface area (Å²) < 4.78 is 11.6. The third-order valence-corrected chi connectivity index (χ3v) is 5.06. The lowest BCUT2D eigenvalue weighted by molar-refractivity contribution is -0.150. The van der Waals surface area contributed by atoms with Crippen molar-refractivity contribution in [2.75, 3.05) is 26.3 Å². The molecule has 1 aromatic heterocycles. The lowest BCUT2D eigenvalue weighted by Crippen LogP contribution is -2.47. The van der Waals surface area contributed by atoms with E-state index in [1.807, 2.05) is 17.3 Å². The van der Waals surface area contributed by atoms with E-state index in [9.17, 15) is 4.79 Å². The van der Waals surface area contributed by atoms with Crippen molar-refractivity contribution in [3.05, 3.63) is 18.0 Å². The number of likely N-dealkylation sites (tertiary alicyclic amines) is 1. The standard InChI is InChI=1S/C18H29N3O3/c1-13(2)17(24-12-16-6-4-8-23-16)18(22)21-7-3-5-14(11-21)15-9-19-20-10-15/h9-10,13-14,16-17H,3-8,11-12H2,1-2H3,(H,19,20)/t14-,16-,17-/m0/s1. The number of hydrogen-bond donors (Lipinski definition) is 1. The molecule has 6 nitrogen and oxygen atoms in total. The van der Waals surface area contributed by atoms with Crippen LogP contribution in [-0.4, -0.2) is 59.5 Å². The van der Waals surface area contributed by atoms with Gasteiger partial charge in [0.05, 0.1) is 18.9 Å². The number of carbonyl (C=O) groups is 1. The molecule has 24 heavy (non-hydrogen) atoms. The molecule has 1 aromatic rings. The summed E-state index contributed by atoms with van der Waals surface area (Å²) in [5, 5.41) is 6.91. The summed E-state index contributed by atoms with van der Waals surface area (Å²) >= 11 is 0. The Morgan fingerprint density at radius 3 is 3.00 bits per heavy atom. The van der Waals surface area contributed by atoms with Gasteiger partial charge in [0.25, 0.3) is 5.91 Å². The first-order valence-corrected chi connectivity index (χ1v) is 9.16. The largest absolute Gasteiger partial charge is 0.376 e. The van der Waals surface area contributed by atoms with Crippen molar-refractivity contribution >= 4 is 5.91 Å². The van der Waals surface area contributed by atoms with Crippen LogP contribution in [0.4, 0.5) is 0 Å². The molecule has 1 amide bonds. The van der Waals surface area contributed by atoms with Crippen LogP contribution < -0.4 is 0 Å². The topological polar surface area (TPSA) is 67.5 Å². The molecule has 3 rings (SSSR count). The third kappa shape index (κ3) is 4.16. The number of hydrogen-bond acceptors (Lipinski definition) is 4. The van der Waals surface area contributed by atoms with Crippen LogP contribution in [0.1, 0.15) is 51.0 Å². The molecule has 6 heteroatoms. The first-order chi connectivity index (χ1) is 11.6. The van der Waals surface area contributed by atoms with E-state index in [1.165, 1.54) is 5.56 Å². The predicted molar refractivity (Wildman–Crippen MR) is 90.7 cm³/mol. The quantitative estimate of drug-likeness (QED) is 0.866. The minimum absolute atomic E-state index is 0.121. The molecule has 3 atom stereocenters. The predicted octanol–water partition coefficient (Wildman–Crippen LogP) is 2.34. The maximum Gasteiger partial charge on any atom is 0.251 e. The van der Waals surface area contributed by atoms with Crippen molar-refractivity contribution < 1.29 is 14.3 Å². The van der Waals surface area contributed by atoms with Crippen molar-refractivity contribution in [3.63, 3.8) is 0 Å². The van der Waals surface area contributed by atoms with E-state index < -0.39 is 0 Å². The van der Waals surface area contributed by atoms with Crippen LogP contribution >= 0.6 is 0 Å². The molecular weight excluding hydrogens is 306 g/mol. The smallest absolute Gasteiger partial charge is 0.251 e. The van der Waals surface area contributed by atoms with Crippen LogP contribution in [0.25, 0.3) is 0 Å². The molecule has 0 radical (unpaired) electrons. The van der Waals surface area contributed by atoms with Crippen molar-refractivity contribution in [1.82, 2.24) is 15.1 Å². The highest BCUT2D eigenvalue weighted by atomic mass is 16.5. The summed E-state index contributed by atoms with van der Waals surface area (Å²) in [7, 11) is 0. The van der Waals surface area contributed by atoms with Gasteiger partial charge < -0.3 is 14.4 Å². The van der Waals surface area contributed by atoms with Crippen LogP contribution in [0.2, 0.25) is 0 Å². The van der Waals surface area contributed by atoms with Gasteiger partial charge in [0.1, 0.15) is 6.10 Å². The molecule has 0 bridgehead atoms. The summed E-state index contributed by atoms with van der Waals surface area (Å²) in [5.74, 6) is 0.650. The molecular formula is C18H29N3O3. The number of H-pyrrole nitrogens is 1. The Kier molecular flexibility index (Phi) is 5.89. The Morgan fingerprint density at radius 2 is 2.33 bits per heavy atom. The number of carbonyl (C=O) groups excluding carboxylic acids is 1.